The van der Waals surface area contributed by atoms with Crippen LogP contribution in [-0.4, -0.2) is 18.6 Å². The first-order valence-electron chi connectivity index (χ1n) is 8.01. The molecule has 1 aliphatic carbocycles. The molecule has 0 atom stereocenters. The van der Waals surface area contributed by atoms with Crippen molar-refractivity contribution in [1.29, 1.82) is 5.26 Å². The van der Waals surface area contributed by atoms with Gasteiger partial charge in [-0.3, -0.25) is 4.72 Å². The van der Waals surface area contributed by atoms with E-state index in [9.17, 15) is 8.42 Å². The van der Waals surface area contributed by atoms with Crippen molar-refractivity contribution in [3.05, 3.63) is 47.2 Å². The van der Waals surface area contributed by atoms with Gasteiger partial charge in [0.25, 0.3) is 10.0 Å². The van der Waals surface area contributed by atoms with E-state index in [4.69, 9.17) is 9.78 Å². The van der Waals surface area contributed by atoms with Gasteiger partial charge < -0.3 is 4.52 Å². The summed E-state index contributed by atoms with van der Waals surface area (Å²) in [5.74, 6) is 1.34. The van der Waals surface area contributed by atoms with Crippen LogP contribution in [0.5, 0.6) is 0 Å². The molecule has 1 aromatic carbocycles. The van der Waals surface area contributed by atoms with E-state index in [2.05, 4.69) is 14.9 Å². The molecule has 3 aromatic rings. The fraction of sp³-hybridized carbons (Fsp3) is 0.235. The van der Waals surface area contributed by atoms with Crippen molar-refractivity contribution in [2.45, 2.75) is 29.4 Å². The second-order valence-electron chi connectivity index (χ2n) is 6.04. The van der Waals surface area contributed by atoms with Crippen LogP contribution in [0.3, 0.4) is 0 Å². The van der Waals surface area contributed by atoms with E-state index >= 15 is 0 Å². The Morgan fingerprint density at radius 3 is 2.88 bits per heavy atom. The molecule has 2 heterocycles. The monoisotopic (exact) mass is 386 g/mol. The predicted octanol–water partition coefficient (Wildman–Crippen LogP) is 3.74. The lowest BCUT2D eigenvalue weighted by atomic mass is 9.85. The Bertz CT molecular complexity index is 1090. The van der Waals surface area contributed by atoms with Crippen LogP contribution in [0.1, 0.15) is 36.6 Å². The molecule has 0 bridgehead atoms. The summed E-state index contributed by atoms with van der Waals surface area (Å²) >= 11 is 1.08. The Morgan fingerprint density at radius 2 is 2.15 bits per heavy atom. The Kier molecular flexibility index (Phi) is 4.22. The highest BCUT2D eigenvalue weighted by Crippen LogP contribution is 2.36. The smallest absolute Gasteiger partial charge is 0.271 e. The van der Waals surface area contributed by atoms with E-state index in [1.807, 2.05) is 6.07 Å². The largest absolute Gasteiger partial charge is 0.339 e. The lowest BCUT2D eigenvalue weighted by Crippen LogP contribution is -2.11. The van der Waals surface area contributed by atoms with Gasteiger partial charge in [0.05, 0.1) is 17.3 Å². The number of aromatic nitrogens is 2. The SMILES string of the molecule is N#Cc1cccc(NS(=O)(=O)c2cc(-c3noc(C4CCC4)n3)cs2)c1. The van der Waals surface area contributed by atoms with Crippen LogP contribution in [0, 0.1) is 11.3 Å². The van der Waals surface area contributed by atoms with Crippen molar-refractivity contribution < 1.29 is 12.9 Å². The second kappa shape index (κ2) is 6.55. The second-order valence-corrected chi connectivity index (χ2v) is 8.86. The first-order chi connectivity index (χ1) is 12.5. The molecule has 132 valence electrons. The van der Waals surface area contributed by atoms with E-state index < -0.39 is 10.0 Å². The van der Waals surface area contributed by atoms with Gasteiger partial charge in [-0.1, -0.05) is 17.6 Å². The van der Waals surface area contributed by atoms with Gasteiger partial charge in [0.2, 0.25) is 11.7 Å². The molecule has 1 aliphatic rings. The Labute approximate surface area is 154 Å². The van der Waals surface area contributed by atoms with E-state index in [0.29, 0.717) is 34.4 Å². The van der Waals surface area contributed by atoms with Gasteiger partial charge in [-0.15, -0.1) is 11.3 Å². The number of anilines is 1. The Morgan fingerprint density at radius 1 is 1.31 bits per heavy atom. The van der Waals surface area contributed by atoms with Crippen LogP contribution < -0.4 is 4.72 Å². The first kappa shape index (κ1) is 16.8. The lowest BCUT2D eigenvalue weighted by Gasteiger charge is -2.20. The summed E-state index contributed by atoms with van der Waals surface area (Å²) in [6.45, 7) is 0. The molecule has 0 radical (unpaired) electrons. The number of benzene rings is 1. The van der Waals surface area contributed by atoms with Crippen LogP contribution in [-0.2, 0) is 10.0 Å². The highest BCUT2D eigenvalue weighted by atomic mass is 32.2. The quantitative estimate of drug-likeness (QED) is 0.715. The minimum absolute atomic E-state index is 0.143. The fourth-order valence-corrected chi connectivity index (χ4v) is 4.81. The maximum Gasteiger partial charge on any atom is 0.271 e. The fourth-order valence-electron chi connectivity index (χ4n) is 2.61. The van der Waals surface area contributed by atoms with Crippen molar-refractivity contribution in [1.82, 2.24) is 10.1 Å². The molecule has 0 unspecified atom stereocenters. The predicted molar refractivity (Wildman–Crippen MR) is 96.2 cm³/mol. The molecule has 1 fully saturated rings. The molecule has 0 amide bonds. The Hall–Kier alpha value is -2.70. The van der Waals surface area contributed by atoms with Crippen LogP contribution >= 0.6 is 11.3 Å². The van der Waals surface area contributed by atoms with E-state index in [1.54, 1.807) is 23.6 Å². The Balaban J connectivity index is 1.56. The number of hydrogen-bond acceptors (Lipinski definition) is 7. The van der Waals surface area contributed by atoms with Crippen molar-refractivity contribution in [3.8, 4) is 17.5 Å². The third-order valence-corrected chi connectivity index (χ3v) is 7.06. The van der Waals surface area contributed by atoms with Gasteiger partial charge in [-0.2, -0.15) is 10.2 Å². The topological polar surface area (TPSA) is 109 Å². The molecule has 0 aliphatic heterocycles. The zero-order chi connectivity index (χ0) is 18.1. The van der Waals surface area contributed by atoms with Crippen molar-refractivity contribution in [2.24, 2.45) is 0 Å². The molecular weight excluding hydrogens is 372 g/mol. The normalized spacial score (nSPS) is 14.6. The number of rotatable bonds is 5. The zero-order valence-corrected chi connectivity index (χ0v) is 15.2. The first-order valence-corrected chi connectivity index (χ1v) is 10.4. The van der Waals surface area contributed by atoms with Crippen molar-refractivity contribution >= 4 is 27.0 Å². The van der Waals surface area contributed by atoms with Crippen LogP contribution in [0.4, 0.5) is 5.69 Å². The highest BCUT2D eigenvalue weighted by molar-refractivity contribution is 7.94. The number of nitrogens with one attached hydrogen (secondary N) is 1. The summed E-state index contributed by atoms with van der Waals surface area (Å²) in [6, 6.07) is 9.81. The zero-order valence-electron chi connectivity index (χ0n) is 13.5. The summed E-state index contributed by atoms with van der Waals surface area (Å²) in [5.41, 5.74) is 1.33. The maximum absolute atomic E-state index is 12.6. The number of hydrogen-bond donors (Lipinski definition) is 1. The summed E-state index contributed by atoms with van der Waals surface area (Å²) < 4.78 is 33.0. The number of sulfonamides is 1. The van der Waals surface area contributed by atoms with Gasteiger partial charge in [0.15, 0.2) is 0 Å². The molecule has 0 spiro atoms. The van der Waals surface area contributed by atoms with Crippen molar-refractivity contribution in [3.63, 3.8) is 0 Å². The van der Waals surface area contributed by atoms with Gasteiger partial charge in [-0.05, 0) is 37.1 Å². The number of thiophene rings is 1. The molecule has 1 N–H and O–H groups in total. The molecule has 9 heteroatoms. The van der Waals surface area contributed by atoms with Gasteiger partial charge in [-0.25, -0.2) is 8.42 Å². The van der Waals surface area contributed by atoms with Crippen LogP contribution in [0.2, 0.25) is 0 Å². The minimum atomic E-state index is -3.76. The number of nitrogens with zero attached hydrogens (tertiary/aromatic N) is 3. The molecule has 26 heavy (non-hydrogen) atoms. The van der Waals surface area contributed by atoms with E-state index in [0.717, 1.165) is 24.2 Å². The standard InChI is InChI=1S/C17H14N4O3S2/c18-9-11-3-1-6-14(7-11)21-26(22,23)15-8-13(10-25-15)16-19-17(24-20-16)12-4-2-5-12/h1,3,6-8,10,12,21H,2,4-5H2. The number of nitriles is 1. The molecular formula is C17H14N4O3S2. The summed E-state index contributed by atoms with van der Waals surface area (Å²) in [7, 11) is -3.76. The molecule has 4 rings (SSSR count). The summed E-state index contributed by atoms with van der Waals surface area (Å²) in [6.07, 6.45) is 3.27. The van der Waals surface area contributed by atoms with Crippen LogP contribution in [0.25, 0.3) is 11.4 Å². The average molecular weight is 386 g/mol. The summed E-state index contributed by atoms with van der Waals surface area (Å²) in [5, 5.41) is 14.6. The van der Waals surface area contributed by atoms with Crippen LogP contribution in [0.15, 0.2) is 44.4 Å². The highest BCUT2D eigenvalue weighted by Gasteiger charge is 2.26. The van der Waals surface area contributed by atoms with E-state index in [-0.39, 0.29) is 4.21 Å². The molecule has 1 saturated carbocycles. The maximum atomic E-state index is 12.6. The molecule has 2 aromatic heterocycles. The third kappa shape index (κ3) is 3.21. The van der Waals surface area contributed by atoms with Crippen molar-refractivity contribution in [2.75, 3.05) is 4.72 Å². The minimum Gasteiger partial charge on any atom is -0.339 e. The average Bonchev–Trinajstić information content (AvgIpc) is 3.22. The molecule has 0 saturated heterocycles. The van der Waals surface area contributed by atoms with Gasteiger partial charge in [0.1, 0.15) is 4.21 Å². The summed E-state index contributed by atoms with van der Waals surface area (Å²) in [4.78, 5) is 4.38. The molecule has 7 nitrogen and oxygen atoms in total. The van der Waals surface area contributed by atoms with Gasteiger partial charge >= 0.3 is 0 Å². The third-order valence-electron chi connectivity index (χ3n) is 4.24. The van der Waals surface area contributed by atoms with Gasteiger partial charge in [0, 0.05) is 16.9 Å². The van der Waals surface area contributed by atoms with E-state index in [1.165, 1.54) is 18.6 Å². The lowest BCUT2D eigenvalue weighted by molar-refractivity contribution is 0.292.